The molecule has 0 spiro atoms. The van der Waals surface area contributed by atoms with Crippen molar-refractivity contribution >= 4 is 27.4 Å². The van der Waals surface area contributed by atoms with Crippen molar-refractivity contribution in [1.82, 2.24) is 4.57 Å². The van der Waals surface area contributed by atoms with Crippen LogP contribution in [0.4, 0.5) is 0 Å². The van der Waals surface area contributed by atoms with Crippen molar-refractivity contribution in [2.24, 2.45) is 0 Å². The lowest BCUT2D eigenvalue weighted by molar-refractivity contribution is 0.0693. The van der Waals surface area contributed by atoms with E-state index in [1.807, 2.05) is 0 Å². The van der Waals surface area contributed by atoms with Crippen LogP contribution in [0.15, 0.2) is 27.9 Å². The van der Waals surface area contributed by atoms with Crippen molar-refractivity contribution in [2.45, 2.75) is 55.9 Å². The summed E-state index contributed by atoms with van der Waals surface area (Å²) in [6.45, 7) is 3.61. The monoisotopic (exact) mass is 437 g/mol. The Kier molecular flexibility index (Phi) is 4.74. The Bertz CT molecular complexity index is 1190. The summed E-state index contributed by atoms with van der Waals surface area (Å²) in [4.78, 5) is 24.6. The second kappa shape index (κ2) is 6.88. The number of hydrogen-bond acceptors (Lipinski definition) is 5. The van der Waals surface area contributed by atoms with Gasteiger partial charge in [0.2, 0.25) is 0 Å². The van der Waals surface area contributed by atoms with E-state index in [1.54, 1.807) is 13.8 Å². The summed E-state index contributed by atoms with van der Waals surface area (Å²) in [7, 11) is -3.76. The molecule has 1 fully saturated rings. The molecule has 1 aromatic heterocycles. The number of halogens is 1. The lowest BCUT2D eigenvalue weighted by Crippen LogP contribution is -2.36. The van der Waals surface area contributed by atoms with Crippen LogP contribution < -0.4 is 10.3 Å². The minimum Gasteiger partial charge on any atom is -0.489 e. The molecule has 2 aliphatic rings. The van der Waals surface area contributed by atoms with Crippen molar-refractivity contribution in [3.63, 3.8) is 0 Å². The lowest BCUT2D eigenvalue weighted by atomic mass is 9.90. The average molecular weight is 438 g/mol. The molecule has 4 rings (SSSR count). The summed E-state index contributed by atoms with van der Waals surface area (Å²) in [6, 6.07) is 3.92. The number of carbonyl (C=O) groups is 1. The molecule has 29 heavy (non-hydrogen) atoms. The summed E-state index contributed by atoms with van der Waals surface area (Å²) in [5.74, 6) is -1.49. The first-order valence-electron chi connectivity index (χ1n) is 9.35. The van der Waals surface area contributed by atoms with Gasteiger partial charge in [-0.1, -0.05) is 11.6 Å². The van der Waals surface area contributed by atoms with Crippen LogP contribution in [0.5, 0.6) is 5.75 Å². The van der Waals surface area contributed by atoms with Crippen LogP contribution in [-0.2, 0) is 15.6 Å². The fourth-order valence-electron chi connectivity index (χ4n) is 3.85. The molecule has 0 saturated heterocycles. The zero-order chi connectivity index (χ0) is 21.1. The van der Waals surface area contributed by atoms with Crippen LogP contribution >= 0.6 is 11.6 Å². The molecule has 7 nitrogen and oxygen atoms in total. The Balaban J connectivity index is 2.06. The summed E-state index contributed by atoms with van der Waals surface area (Å²) < 4.78 is 33.1. The Morgan fingerprint density at radius 3 is 2.52 bits per heavy atom. The van der Waals surface area contributed by atoms with Crippen molar-refractivity contribution in [2.75, 3.05) is 0 Å². The number of sulfone groups is 1. The number of pyridine rings is 1. The largest absolute Gasteiger partial charge is 0.489 e. The molecule has 0 atom stereocenters. The van der Waals surface area contributed by atoms with Gasteiger partial charge < -0.3 is 14.4 Å². The number of rotatable bonds is 4. The van der Waals surface area contributed by atoms with Gasteiger partial charge in [-0.05, 0) is 50.8 Å². The molecule has 1 N–H and O–H groups in total. The van der Waals surface area contributed by atoms with E-state index in [2.05, 4.69) is 0 Å². The SMILES string of the molecule is CC(C)Oc1cc2c(cc1Cl)-c1c(cc(C(=O)O)c(=O)n1C1CCC1)CS2(=O)=O. The smallest absolute Gasteiger partial charge is 0.341 e. The summed E-state index contributed by atoms with van der Waals surface area (Å²) in [6.07, 6.45) is 2.20. The van der Waals surface area contributed by atoms with Crippen molar-refractivity contribution in [3.05, 3.63) is 44.7 Å². The molecule has 1 aliphatic heterocycles. The molecule has 2 aromatic rings. The maximum Gasteiger partial charge on any atom is 0.341 e. The molecular weight excluding hydrogens is 418 g/mol. The maximum atomic E-state index is 13.0. The van der Waals surface area contributed by atoms with E-state index in [0.717, 1.165) is 19.3 Å². The second-order valence-corrected chi connectivity index (χ2v) is 10.1. The molecule has 1 saturated carbocycles. The van der Waals surface area contributed by atoms with Crippen LogP contribution in [0.3, 0.4) is 0 Å². The van der Waals surface area contributed by atoms with E-state index in [1.165, 1.54) is 22.8 Å². The molecule has 1 aromatic carbocycles. The second-order valence-electron chi connectivity index (χ2n) is 7.70. The Labute approximate surface area is 172 Å². The van der Waals surface area contributed by atoms with Gasteiger partial charge in [0.15, 0.2) is 9.84 Å². The number of hydrogen-bond donors (Lipinski definition) is 1. The third-order valence-electron chi connectivity index (χ3n) is 5.32. The Hall–Kier alpha value is -2.32. The highest BCUT2D eigenvalue weighted by molar-refractivity contribution is 7.90. The average Bonchev–Trinajstić information content (AvgIpc) is 2.56. The van der Waals surface area contributed by atoms with Gasteiger partial charge in [0.1, 0.15) is 11.3 Å². The van der Waals surface area contributed by atoms with Crippen molar-refractivity contribution in [3.8, 4) is 17.0 Å². The van der Waals surface area contributed by atoms with E-state index in [4.69, 9.17) is 16.3 Å². The first-order valence-corrected chi connectivity index (χ1v) is 11.4. The normalized spacial score (nSPS) is 17.4. The third-order valence-corrected chi connectivity index (χ3v) is 7.31. The Morgan fingerprint density at radius 2 is 1.97 bits per heavy atom. The van der Waals surface area contributed by atoms with Crippen molar-refractivity contribution in [1.29, 1.82) is 0 Å². The fourth-order valence-corrected chi connectivity index (χ4v) is 5.62. The third kappa shape index (κ3) is 3.24. The Morgan fingerprint density at radius 1 is 1.28 bits per heavy atom. The van der Waals surface area contributed by atoms with E-state index >= 15 is 0 Å². The quantitative estimate of drug-likeness (QED) is 0.782. The van der Waals surface area contributed by atoms with Gasteiger partial charge in [-0.15, -0.1) is 0 Å². The number of aromatic nitrogens is 1. The minimum absolute atomic E-state index is 0.0422. The van der Waals surface area contributed by atoms with Crippen LogP contribution in [0.1, 0.15) is 55.1 Å². The van der Waals surface area contributed by atoms with Gasteiger partial charge in [-0.2, -0.15) is 0 Å². The number of aromatic carboxylic acids is 1. The number of nitrogens with zero attached hydrogens (tertiary/aromatic N) is 1. The van der Waals surface area contributed by atoms with Crippen LogP contribution in [0.2, 0.25) is 5.02 Å². The van der Waals surface area contributed by atoms with Crippen LogP contribution in [0.25, 0.3) is 11.3 Å². The standard InChI is InChI=1S/C20H20ClNO6S/c1-10(2)28-16-8-17-13(7-15(16)21)18-11(9-29(17,26)27)6-14(20(24)25)19(23)22(18)12-4-3-5-12/h6-8,10,12H,3-5,9H2,1-2H3,(H,24,25). The van der Waals surface area contributed by atoms with Crippen LogP contribution in [-0.4, -0.2) is 30.2 Å². The number of fused-ring (bicyclic) bond motifs is 3. The highest BCUT2D eigenvalue weighted by atomic mass is 35.5. The molecule has 154 valence electrons. The summed E-state index contributed by atoms with van der Waals surface area (Å²) >= 11 is 6.36. The predicted octanol–water partition coefficient (Wildman–Crippen LogP) is 3.67. The zero-order valence-corrected chi connectivity index (χ0v) is 17.5. The number of carboxylic acids is 1. The predicted molar refractivity (Wildman–Crippen MR) is 108 cm³/mol. The van der Waals surface area contributed by atoms with Gasteiger partial charge in [0, 0.05) is 17.7 Å². The van der Waals surface area contributed by atoms with E-state index in [0.29, 0.717) is 16.8 Å². The topological polar surface area (TPSA) is 103 Å². The molecule has 0 unspecified atom stereocenters. The first-order chi connectivity index (χ1) is 13.6. The molecule has 0 radical (unpaired) electrons. The molecule has 1 aliphatic carbocycles. The van der Waals surface area contributed by atoms with Gasteiger partial charge in [0.25, 0.3) is 5.56 Å². The number of carboxylic acid groups (broad SMARTS) is 1. The molecular formula is C20H20ClNO6S. The summed E-state index contributed by atoms with van der Waals surface area (Å²) in [5.41, 5.74) is 0.0146. The zero-order valence-electron chi connectivity index (χ0n) is 15.9. The van der Waals surface area contributed by atoms with Gasteiger partial charge in [-0.3, -0.25) is 4.79 Å². The summed E-state index contributed by atoms with van der Waals surface area (Å²) in [5, 5.41) is 9.69. The lowest BCUT2D eigenvalue weighted by Gasteiger charge is -2.33. The van der Waals surface area contributed by atoms with E-state index in [9.17, 15) is 23.1 Å². The highest BCUT2D eigenvalue weighted by Crippen LogP contribution is 2.45. The van der Waals surface area contributed by atoms with Gasteiger partial charge in [-0.25, -0.2) is 13.2 Å². The van der Waals surface area contributed by atoms with E-state index in [-0.39, 0.29) is 33.6 Å². The fraction of sp³-hybridized carbons (Fsp3) is 0.400. The molecule has 0 bridgehead atoms. The molecule has 9 heteroatoms. The molecule has 0 amide bonds. The van der Waals surface area contributed by atoms with Crippen molar-refractivity contribution < 1.29 is 23.1 Å². The molecule has 2 heterocycles. The minimum atomic E-state index is -3.76. The first kappa shape index (κ1) is 20.0. The number of benzene rings is 1. The van der Waals surface area contributed by atoms with Crippen LogP contribution in [0, 0.1) is 0 Å². The van der Waals surface area contributed by atoms with Gasteiger partial charge in [0.05, 0.1) is 27.5 Å². The maximum absolute atomic E-state index is 13.0. The van der Waals surface area contributed by atoms with E-state index < -0.39 is 26.9 Å². The van der Waals surface area contributed by atoms with Gasteiger partial charge >= 0.3 is 5.97 Å². The highest BCUT2D eigenvalue weighted by Gasteiger charge is 2.36. The number of ether oxygens (including phenoxy) is 1.